The fraction of sp³-hybridized carbons (Fsp3) is 1.00. The molecule has 0 amide bonds. The van der Waals surface area contributed by atoms with Gasteiger partial charge in [-0.2, -0.15) is 0 Å². The van der Waals surface area contributed by atoms with Crippen LogP contribution < -0.4 is 10.6 Å². The smallest absolute Gasteiger partial charge is 0.0588 e. The van der Waals surface area contributed by atoms with Gasteiger partial charge in [-0.25, -0.2) is 0 Å². The van der Waals surface area contributed by atoms with Crippen molar-refractivity contribution in [1.82, 2.24) is 10.6 Å². The summed E-state index contributed by atoms with van der Waals surface area (Å²) in [5.41, 5.74) is 0. The zero-order valence-corrected chi connectivity index (χ0v) is 9.35. The average Bonchev–Trinajstić information content (AvgIpc) is 2.69. The average molecular weight is 200 g/mol. The minimum Gasteiger partial charge on any atom is -0.378 e. The van der Waals surface area contributed by atoms with Gasteiger partial charge in [0.1, 0.15) is 0 Å². The Kier molecular flexibility index (Phi) is 7.01. The molecule has 0 aromatic rings. The van der Waals surface area contributed by atoms with Gasteiger partial charge in [0.2, 0.25) is 0 Å². The molecule has 2 N–H and O–H groups in total. The summed E-state index contributed by atoms with van der Waals surface area (Å²) in [6.45, 7) is 7.56. The van der Waals surface area contributed by atoms with E-state index >= 15 is 0 Å². The van der Waals surface area contributed by atoms with E-state index in [-0.39, 0.29) is 0 Å². The minimum atomic E-state index is 0.538. The Bertz CT molecular complexity index is 124. The predicted octanol–water partition coefficient (Wildman–Crippen LogP) is 1.14. The van der Waals surface area contributed by atoms with E-state index < -0.39 is 0 Å². The first-order chi connectivity index (χ1) is 6.93. The molecule has 3 heteroatoms. The maximum Gasteiger partial charge on any atom is 0.0588 e. The van der Waals surface area contributed by atoms with Crippen molar-refractivity contribution in [3.8, 4) is 0 Å². The number of hydrogen-bond acceptors (Lipinski definition) is 3. The zero-order valence-electron chi connectivity index (χ0n) is 9.35. The number of rotatable bonds is 8. The van der Waals surface area contributed by atoms with Crippen molar-refractivity contribution in [2.75, 3.05) is 32.8 Å². The van der Waals surface area contributed by atoms with Gasteiger partial charge in [-0.15, -0.1) is 0 Å². The third kappa shape index (κ3) is 5.58. The summed E-state index contributed by atoms with van der Waals surface area (Å²) in [4.78, 5) is 0. The van der Waals surface area contributed by atoms with Gasteiger partial charge in [0.15, 0.2) is 0 Å². The molecule has 1 heterocycles. The molecule has 0 radical (unpaired) electrons. The van der Waals surface area contributed by atoms with Gasteiger partial charge >= 0.3 is 0 Å². The van der Waals surface area contributed by atoms with Crippen LogP contribution in [0.25, 0.3) is 0 Å². The van der Waals surface area contributed by atoms with Crippen LogP contribution in [0.4, 0.5) is 0 Å². The maximum atomic E-state index is 5.55. The fourth-order valence-electron chi connectivity index (χ4n) is 1.78. The van der Waals surface area contributed by atoms with Crippen molar-refractivity contribution in [3.05, 3.63) is 0 Å². The van der Waals surface area contributed by atoms with Gasteiger partial charge in [-0.3, -0.25) is 0 Å². The van der Waals surface area contributed by atoms with E-state index in [1.807, 2.05) is 0 Å². The molecular formula is C11H24N2O. The Morgan fingerprint density at radius 1 is 1.21 bits per heavy atom. The summed E-state index contributed by atoms with van der Waals surface area (Å²) < 4.78 is 5.55. The lowest BCUT2D eigenvalue weighted by atomic mass is 10.2. The van der Waals surface area contributed by atoms with E-state index in [9.17, 15) is 0 Å². The maximum absolute atomic E-state index is 5.55. The molecule has 0 aliphatic carbocycles. The van der Waals surface area contributed by atoms with Gasteiger partial charge in [-0.1, -0.05) is 6.92 Å². The molecule has 0 spiro atoms. The van der Waals surface area contributed by atoms with Crippen LogP contribution in [0.3, 0.4) is 0 Å². The first-order valence-electron chi connectivity index (χ1n) is 5.96. The van der Waals surface area contributed by atoms with Crippen molar-refractivity contribution < 1.29 is 4.74 Å². The summed E-state index contributed by atoms with van der Waals surface area (Å²) in [5, 5.41) is 6.77. The summed E-state index contributed by atoms with van der Waals surface area (Å²) in [6.07, 6.45) is 5.46. The second kappa shape index (κ2) is 8.21. The van der Waals surface area contributed by atoms with Gasteiger partial charge in [0, 0.05) is 6.61 Å². The summed E-state index contributed by atoms with van der Waals surface area (Å²) in [7, 11) is 0. The predicted molar refractivity (Wildman–Crippen MR) is 59.6 cm³/mol. The third-order valence-electron chi connectivity index (χ3n) is 2.62. The van der Waals surface area contributed by atoms with Crippen molar-refractivity contribution in [3.63, 3.8) is 0 Å². The molecule has 0 saturated carbocycles. The van der Waals surface area contributed by atoms with Crippen molar-refractivity contribution in [2.45, 2.75) is 38.7 Å². The molecule has 0 aromatic heterocycles. The highest BCUT2D eigenvalue weighted by molar-refractivity contribution is 4.65. The van der Waals surface area contributed by atoms with E-state index in [0.717, 1.165) is 32.8 Å². The topological polar surface area (TPSA) is 33.3 Å². The first-order valence-corrected chi connectivity index (χ1v) is 5.96. The quantitative estimate of drug-likeness (QED) is 0.577. The SMILES string of the molecule is CCNCCCNCCC1CCCO1. The Labute approximate surface area is 87.6 Å². The lowest BCUT2D eigenvalue weighted by Gasteiger charge is -2.09. The highest BCUT2D eigenvalue weighted by Gasteiger charge is 2.13. The van der Waals surface area contributed by atoms with Crippen molar-refractivity contribution >= 4 is 0 Å². The van der Waals surface area contributed by atoms with Crippen molar-refractivity contribution in [2.24, 2.45) is 0 Å². The molecule has 0 bridgehead atoms. The molecule has 14 heavy (non-hydrogen) atoms. The monoisotopic (exact) mass is 200 g/mol. The first kappa shape index (κ1) is 12.0. The lowest BCUT2D eigenvalue weighted by molar-refractivity contribution is 0.104. The third-order valence-corrected chi connectivity index (χ3v) is 2.62. The van der Waals surface area contributed by atoms with Crippen molar-refractivity contribution in [1.29, 1.82) is 0 Å². The van der Waals surface area contributed by atoms with E-state index in [4.69, 9.17) is 4.74 Å². The van der Waals surface area contributed by atoms with Crippen LogP contribution in [-0.4, -0.2) is 38.9 Å². The standard InChI is InChI=1S/C11H24N2O/c1-2-12-7-4-8-13-9-6-11-5-3-10-14-11/h11-13H,2-10H2,1H3. The van der Waals surface area contributed by atoms with Gasteiger partial charge < -0.3 is 15.4 Å². The Balaban J connectivity index is 1.75. The minimum absolute atomic E-state index is 0.538. The summed E-state index contributed by atoms with van der Waals surface area (Å²) >= 11 is 0. The van der Waals surface area contributed by atoms with Crippen LogP contribution in [0.2, 0.25) is 0 Å². The van der Waals surface area contributed by atoms with Crippen LogP contribution in [0.1, 0.15) is 32.6 Å². The molecule has 0 aromatic carbocycles. The molecule has 1 unspecified atom stereocenters. The summed E-state index contributed by atoms with van der Waals surface area (Å²) in [5.74, 6) is 0. The highest BCUT2D eigenvalue weighted by atomic mass is 16.5. The van der Waals surface area contributed by atoms with Crippen LogP contribution in [0.15, 0.2) is 0 Å². The van der Waals surface area contributed by atoms with Gasteiger partial charge in [0.25, 0.3) is 0 Å². The molecule has 3 nitrogen and oxygen atoms in total. The Hall–Kier alpha value is -0.120. The van der Waals surface area contributed by atoms with E-state index in [0.29, 0.717) is 6.10 Å². The van der Waals surface area contributed by atoms with E-state index in [1.165, 1.54) is 25.7 Å². The number of nitrogens with one attached hydrogen (secondary N) is 2. The van der Waals surface area contributed by atoms with Gasteiger partial charge in [0.05, 0.1) is 6.10 Å². The van der Waals surface area contributed by atoms with E-state index in [2.05, 4.69) is 17.6 Å². The highest BCUT2D eigenvalue weighted by Crippen LogP contribution is 2.14. The normalized spacial score (nSPS) is 21.6. The van der Waals surface area contributed by atoms with Crippen LogP contribution in [-0.2, 0) is 4.74 Å². The molecule has 1 saturated heterocycles. The molecule has 1 aliphatic rings. The molecule has 84 valence electrons. The molecule has 1 fully saturated rings. The largest absolute Gasteiger partial charge is 0.378 e. The number of hydrogen-bond donors (Lipinski definition) is 2. The Morgan fingerprint density at radius 3 is 2.79 bits per heavy atom. The van der Waals surface area contributed by atoms with E-state index in [1.54, 1.807) is 0 Å². The fourth-order valence-corrected chi connectivity index (χ4v) is 1.78. The van der Waals surface area contributed by atoms with Crippen LogP contribution in [0, 0.1) is 0 Å². The van der Waals surface area contributed by atoms with Gasteiger partial charge in [-0.05, 0) is 51.9 Å². The number of ether oxygens (including phenoxy) is 1. The zero-order chi connectivity index (χ0) is 10.1. The second-order valence-electron chi connectivity index (χ2n) is 3.88. The molecule has 1 rings (SSSR count). The molecule has 1 aliphatic heterocycles. The lowest BCUT2D eigenvalue weighted by Crippen LogP contribution is -2.24. The summed E-state index contributed by atoms with van der Waals surface area (Å²) in [6, 6.07) is 0. The van der Waals surface area contributed by atoms with Crippen LogP contribution in [0.5, 0.6) is 0 Å². The van der Waals surface area contributed by atoms with Crippen LogP contribution >= 0.6 is 0 Å². The molecular weight excluding hydrogens is 176 g/mol. The Morgan fingerprint density at radius 2 is 2.07 bits per heavy atom. The molecule has 1 atom stereocenters. The second-order valence-corrected chi connectivity index (χ2v) is 3.88.